The molecule has 3 amide bonds. The van der Waals surface area contributed by atoms with E-state index in [-0.39, 0.29) is 6.54 Å². The molecule has 1 aromatic heterocycles. The summed E-state index contributed by atoms with van der Waals surface area (Å²) in [4.78, 5) is 37.4. The van der Waals surface area contributed by atoms with E-state index in [4.69, 9.17) is 0 Å². The van der Waals surface area contributed by atoms with Gasteiger partial charge in [0, 0.05) is 13.1 Å². The molecule has 7 heteroatoms. The lowest BCUT2D eigenvalue weighted by Gasteiger charge is -2.13. The molecule has 112 valence electrons. The molecule has 3 rings (SSSR count). The number of benzene rings is 1. The smallest absolute Gasteiger partial charge is 0.262 e. The number of aryl methyl sites for hydroxylation is 2. The summed E-state index contributed by atoms with van der Waals surface area (Å²) in [5.41, 5.74) is 1.42. The first kappa shape index (κ1) is 14.0. The van der Waals surface area contributed by atoms with Crippen LogP contribution in [-0.4, -0.2) is 38.9 Å². The SMILES string of the molecule is Cc1cc(NC(=O)CN2C(=O)c3ccccc3C2=O)n(C)n1. The zero-order valence-electron chi connectivity index (χ0n) is 12.2. The van der Waals surface area contributed by atoms with E-state index in [9.17, 15) is 14.4 Å². The lowest BCUT2D eigenvalue weighted by molar-refractivity contribution is -0.116. The average molecular weight is 298 g/mol. The monoisotopic (exact) mass is 298 g/mol. The molecule has 0 saturated carbocycles. The van der Waals surface area contributed by atoms with E-state index >= 15 is 0 Å². The Balaban J connectivity index is 1.74. The number of hydrogen-bond donors (Lipinski definition) is 1. The summed E-state index contributed by atoms with van der Waals surface area (Å²) in [5, 5.41) is 6.75. The topological polar surface area (TPSA) is 84.3 Å². The fraction of sp³-hybridized carbons (Fsp3) is 0.200. The first-order chi connectivity index (χ1) is 10.5. The maximum Gasteiger partial charge on any atom is 0.262 e. The van der Waals surface area contributed by atoms with E-state index in [1.165, 1.54) is 4.68 Å². The molecule has 2 aromatic rings. The van der Waals surface area contributed by atoms with Gasteiger partial charge in [-0.1, -0.05) is 12.1 Å². The maximum atomic E-state index is 12.2. The van der Waals surface area contributed by atoms with Gasteiger partial charge in [0.2, 0.25) is 5.91 Å². The highest BCUT2D eigenvalue weighted by atomic mass is 16.2. The molecule has 1 aliphatic rings. The number of amides is 3. The van der Waals surface area contributed by atoms with Gasteiger partial charge in [0.15, 0.2) is 0 Å². The van der Waals surface area contributed by atoms with Crippen molar-refractivity contribution in [2.45, 2.75) is 6.92 Å². The van der Waals surface area contributed by atoms with Gasteiger partial charge in [-0.15, -0.1) is 0 Å². The van der Waals surface area contributed by atoms with Crippen LogP contribution in [0.1, 0.15) is 26.4 Å². The molecule has 0 unspecified atom stereocenters. The number of anilines is 1. The van der Waals surface area contributed by atoms with E-state index in [1.807, 2.05) is 0 Å². The molecule has 0 fully saturated rings. The summed E-state index contributed by atoms with van der Waals surface area (Å²) in [7, 11) is 1.70. The van der Waals surface area contributed by atoms with Crippen LogP contribution in [0, 0.1) is 6.92 Å². The van der Waals surface area contributed by atoms with Crippen molar-refractivity contribution in [3.63, 3.8) is 0 Å². The van der Waals surface area contributed by atoms with Gasteiger partial charge in [-0.05, 0) is 19.1 Å². The highest BCUT2D eigenvalue weighted by Crippen LogP contribution is 2.22. The Labute approximate surface area is 126 Å². The van der Waals surface area contributed by atoms with Gasteiger partial charge in [-0.25, -0.2) is 0 Å². The molecule has 1 aliphatic heterocycles. The van der Waals surface area contributed by atoms with Crippen LogP contribution >= 0.6 is 0 Å². The van der Waals surface area contributed by atoms with Crippen molar-refractivity contribution < 1.29 is 14.4 Å². The van der Waals surface area contributed by atoms with Crippen molar-refractivity contribution >= 4 is 23.5 Å². The second-order valence-corrected chi connectivity index (χ2v) is 5.08. The number of hydrogen-bond acceptors (Lipinski definition) is 4. The fourth-order valence-electron chi connectivity index (χ4n) is 2.44. The fourth-order valence-corrected chi connectivity index (χ4v) is 2.44. The summed E-state index contributed by atoms with van der Waals surface area (Å²) in [5.74, 6) is -0.828. The molecule has 0 bridgehead atoms. The molecule has 0 spiro atoms. The molecule has 0 aliphatic carbocycles. The normalized spacial score (nSPS) is 13.5. The minimum atomic E-state index is -0.447. The number of fused-ring (bicyclic) bond motifs is 1. The number of carbonyl (C=O) groups is 3. The number of rotatable bonds is 3. The minimum Gasteiger partial charge on any atom is -0.309 e. The number of carbonyl (C=O) groups excluding carboxylic acids is 3. The van der Waals surface area contributed by atoms with Crippen LogP contribution in [0.4, 0.5) is 5.82 Å². The van der Waals surface area contributed by atoms with Crippen molar-refractivity contribution in [3.05, 3.63) is 47.2 Å². The molecule has 1 N–H and O–H groups in total. The number of nitrogens with zero attached hydrogens (tertiary/aromatic N) is 3. The molecule has 7 nitrogen and oxygen atoms in total. The lowest BCUT2D eigenvalue weighted by atomic mass is 10.1. The zero-order valence-corrected chi connectivity index (χ0v) is 12.2. The van der Waals surface area contributed by atoms with Crippen LogP contribution < -0.4 is 5.32 Å². The molecule has 0 saturated heterocycles. The molecule has 1 aromatic carbocycles. The first-order valence-electron chi connectivity index (χ1n) is 6.73. The van der Waals surface area contributed by atoms with E-state index < -0.39 is 17.7 Å². The van der Waals surface area contributed by atoms with E-state index in [0.717, 1.165) is 10.6 Å². The van der Waals surface area contributed by atoms with Crippen molar-refractivity contribution in [3.8, 4) is 0 Å². The third kappa shape index (κ3) is 2.26. The Bertz CT molecular complexity index is 759. The molecule has 0 atom stereocenters. The minimum absolute atomic E-state index is 0.323. The van der Waals surface area contributed by atoms with Crippen LogP contribution in [0.5, 0.6) is 0 Å². The van der Waals surface area contributed by atoms with E-state index in [2.05, 4.69) is 10.4 Å². The van der Waals surface area contributed by atoms with E-state index in [0.29, 0.717) is 16.9 Å². The van der Waals surface area contributed by atoms with Crippen LogP contribution in [-0.2, 0) is 11.8 Å². The Morgan fingerprint density at radius 2 is 1.77 bits per heavy atom. The highest BCUT2D eigenvalue weighted by molar-refractivity contribution is 6.22. The van der Waals surface area contributed by atoms with Crippen LogP contribution in [0.25, 0.3) is 0 Å². The van der Waals surface area contributed by atoms with Crippen LogP contribution in [0.2, 0.25) is 0 Å². The molecule has 0 radical (unpaired) electrons. The first-order valence-corrected chi connectivity index (χ1v) is 6.73. The molecule has 2 heterocycles. The number of imide groups is 1. The summed E-state index contributed by atoms with van der Waals surface area (Å²) in [6.45, 7) is 1.48. The van der Waals surface area contributed by atoms with Gasteiger partial charge in [0.05, 0.1) is 16.8 Å². The van der Waals surface area contributed by atoms with Gasteiger partial charge in [0.1, 0.15) is 12.4 Å². The number of aromatic nitrogens is 2. The largest absolute Gasteiger partial charge is 0.309 e. The Morgan fingerprint density at radius 3 is 2.27 bits per heavy atom. The maximum absolute atomic E-state index is 12.2. The second-order valence-electron chi connectivity index (χ2n) is 5.08. The quantitative estimate of drug-likeness (QED) is 0.856. The third-order valence-corrected chi connectivity index (χ3v) is 3.45. The summed E-state index contributed by atoms with van der Waals surface area (Å²) < 4.78 is 1.52. The standard InChI is InChI=1S/C15H14N4O3/c1-9-7-12(18(2)17-9)16-13(20)8-19-14(21)10-5-3-4-6-11(10)15(19)22/h3-7H,8H2,1-2H3,(H,16,20). The highest BCUT2D eigenvalue weighted by Gasteiger charge is 2.36. The van der Waals surface area contributed by atoms with Crippen LogP contribution in [0.3, 0.4) is 0 Å². The zero-order chi connectivity index (χ0) is 15.9. The lowest BCUT2D eigenvalue weighted by Crippen LogP contribution is -2.37. The molecule has 22 heavy (non-hydrogen) atoms. The van der Waals surface area contributed by atoms with Gasteiger partial charge in [0.25, 0.3) is 11.8 Å². The van der Waals surface area contributed by atoms with Gasteiger partial charge < -0.3 is 5.32 Å². The second kappa shape index (κ2) is 5.10. The Hall–Kier alpha value is -2.96. The van der Waals surface area contributed by atoms with Crippen LogP contribution in [0.15, 0.2) is 30.3 Å². The van der Waals surface area contributed by atoms with Crippen molar-refractivity contribution in [1.82, 2.24) is 14.7 Å². The Kier molecular flexibility index (Phi) is 3.25. The van der Waals surface area contributed by atoms with Gasteiger partial charge in [-0.3, -0.25) is 24.0 Å². The average Bonchev–Trinajstić information content (AvgIpc) is 2.91. The number of nitrogens with one attached hydrogen (secondary N) is 1. The van der Waals surface area contributed by atoms with Gasteiger partial charge in [-0.2, -0.15) is 5.10 Å². The molecular weight excluding hydrogens is 284 g/mol. The predicted octanol–water partition coefficient (Wildman–Crippen LogP) is 0.963. The summed E-state index contributed by atoms with van der Waals surface area (Å²) in [6, 6.07) is 8.24. The molecular formula is C15H14N4O3. The van der Waals surface area contributed by atoms with Crippen molar-refractivity contribution in [1.29, 1.82) is 0 Å². The van der Waals surface area contributed by atoms with Crippen molar-refractivity contribution in [2.75, 3.05) is 11.9 Å². The summed E-state index contributed by atoms with van der Waals surface area (Å²) in [6.07, 6.45) is 0. The Morgan fingerprint density at radius 1 is 1.18 bits per heavy atom. The van der Waals surface area contributed by atoms with E-state index in [1.54, 1.807) is 44.3 Å². The third-order valence-electron chi connectivity index (χ3n) is 3.45. The van der Waals surface area contributed by atoms with Crippen molar-refractivity contribution in [2.24, 2.45) is 7.05 Å². The van der Waals surface area contributed by atoms with Gasteiger partial charge >= 0.3 is 0 Å². The summed E-state index contributed by atoms with van der Waals surface area (Å²) >= 11 is 0. The predicted molar refractivity (Wildman–Crippen MR) is 78.4 cm³/mol.